The number of benzene rings is 2. The second-order valence-electron chi connectivity index (χ2n) is 5.81. The Morgan fingerprint density at radius 2 is 1.81 bits per heavy atom. The fourth-order valence-corrected chi connectivity index (χ4v) is 2.81. The average Bonchev–Trinajstić information content (AvgIpc) is 2.67. The minimum Gasteiger partial charge on any atom is -0.465 e. The number of hydrogen-bond acceptors (Lipinski definition) is 5. The van der Waals surface area contributed by atoms with Crippen LogP contribution in [0.1, 0.15) is 21.5 Å². The summed E-state index contributed by atoms with van der Waals surface area (Å²) in [6, 6.07) is 18.7. The number of nitrogens with two attached hydrogens (primary N) is 1. The molecule has 3 aromatic rings. The summed E-state index contributed by atoms with van der Waals surface area (Å²) < 4.78 is 4.71. The summed E-state index contributed by atoms with van der Waals surface area (Å²) in [6.45, 7) is 2.00. The van der Waals surface area contributed by atoms with Crippen LogP contribution in [0.2, 0.25) is 0 Å². The lowest BCUT2D eigenvalue weighted by atomic mass is 9.96. The van der Waals surface area contributed by atoms with Gasteiger partial charge in [0.15, 0.2) is 0 Å². The Morgan fingerprint density at radius 1 is 1.12 bits per heavy atom. The number of carbonyl (C=O) groups excluding carboxylic acids is 1. The monoisotopic (exact) mass is 343 g/mol. The molecule has 1 heterocycles. The van der Waals surface area contributed by atoms with E-state index in [1.54, 1.807) is 24.3 Å². The van der Waals surface area contributed by atoms with E-state index in [0.29, 0.717) is 22.4 Å². The molecule has 3 rings (SSSR count). The van der Waals surface area contributed by atoms with Crippen LogP contribution in [0.15, 0.2) is 54.6 Å². The van der Waals surface area contributed by atoms with Crippen LogP contribution in [0.25, 0.3) is 22.4 Å². The predicted molar refractivity (Wildman–Crippen MR) is 100 cm³/mol. The molecular formula is C21H17N3O2. The molecule has 1 aromatic heterocycles. The van der Waals surface area contributed by atoms with Crippen molar-refractivity contribution in [3.8, 4) is 28.5 Å². The fraction of sp³-hybridized carbons (Fsp3) is 0.0952. The van der Waals surface area contributed by atoms with E-state index in [1.165, 1.54) is 7.11 Å². The van der Waals surface area contributed by atoms with Gasteiger partial charge in [-0.15, -0.1) is 0 Å². The Balaban J connectivity index is 2.16. The number of hydrogen-bond donors (Lipinski definition) is 1. The van der Waals surface area contributed by atoms with E-state index in [1.807, 2.05) is 37.3 Å². The van der Waals surface area contributed by atoms with Crippen LogP contribution < -0.4 is 5.73 Å². The third-order valence-corrected chi connectivity index (χ3v) is 4.20. The van der Waals surface area contributed by atoms with Gasteiger partial charge in [-0.3, -0.25) is 0 Å². The number of methoxy groups -OCH3 is 1. The van der Waals surface area contributed by atoms with Crippen molar-refractivity contribution < 1.29 is 9.53 Å². The van der Waals surface area contributed by atoms with Crippen molar-refractivity contribution in [1.82, 2.24) is 4.98 Å². The van der Waals surface area contributed by atoms with Crippen LogP contribution in [0, 0.1) is 18.3 Å². The van der Waals surface area contributed by atoms with E-state index in [9.17, 15) is 10.1 Å². The van der Waals surface area contributed by atoms with E-state index in [-0.39, 0.29) is 5.82 Å². The molecule has 0 unspecified atom stereocenters. The summed E-state index contributed by atoms with van der Waals surface area (Å²) >= 11 is 0. The third-order valence-electron chi connectivity index (χ3n) is 4.20. The predicted octanol–water partition coefficient (Wildman–Crippen LogP) is 3.96. The molecule has 0 atom stereocenters. The van der Waals surface area contributed by atoms with Crippen LogP contribution in [0.5, 0.6) is 0 Å². The van der Waals surface area contributed by atoms with E-state index in [0.717, 1.165) is 16.7 Å². The molecule has 2 aromatic carbocycles. The number of nitrogen functional groups attached to an aromatic ring is 1. The fourth-order valence-electron chi connectivity index (χ4n) is 2.81. The summed E-state index contributed by atoms with van der Waals surface area (Å²) in [6.07, 6.45) is 0. The van der Waals surface area contributed by atoms with Crippen molar-refractivity contribution >= 4 is 11.8 Å². The molecule has 5 nitrogen and oxygen atoms in total. The van der Waals surface area contributed by atoms with Crippen LogP contribution >= 0.6 is 0 Å². The Hall–Kier alpha value is -3.65. The number of pyridine rings is 1. The number of rotatable bonds is 3. The maximum atomic E-state index is 11.6. The van der Waals surface area contributed by atoms with Crippen molar-refractivity contribution in [2.24, 2.45) is 0 Å². The highest BCUT2D eigenvalue weighted by molar-refractivity contribution is 5.90. The van der Waals surface area contributed by atoms with E-state index in [4.69, 9.17) is 10.5 Å². The highest BCUT2D eigenvalue weighted by atomic mass is 16.5. The summed E-state index contributed by atoms with van der Waals surface area (Å²) in [7, 11) is 1.34. The Morgan fingerprint density at radius 3 is 2.42 bits per heavy atom. The number of aromatic nitrogens is 1. The molecule has 0 saturated carbocycles. The van der Waals surface area contributed by atoms with Crippen LogP contribution in [0.4, 0.5) is 5.82 Å². The van der Waals surface area contributed by atoms with Gasteiger partial charge in [-0.1, -0.05) is 36.4 Å². The molecule has 0 aliphatic carbocycles. The van der Waals surface area contributed by atoms with E-state index in [2.05, 4.69) is 11.1 Å². The van der Waals surface area contributed by atoms with Gasteiger partial charge in [-0.05, 0) is 36.2 Å². The molecule has 0 aliphatic heterocycles. The van der Waals surface area contributed by atoms with Crippen molar-refractivity contribution in [3.05, 3.63) is 71.3 Å². The van der Waals surface area contributed by atoms with Crippen LogP contribution in [0.3, 0.4) is 0 Å². The van der Waals surface area contributed by atoms with Crippen molar-refractivity contribution in [3.63, 3.8) is 0 Å². The second-order valence-corrected chi connectivity index (χ2v) is 5.81. The third kappa shape index (κ3) is 3.13. The Bertz CT molecular complexity index is 1020. The number of anilines is 1. The zero-order valence-corrected chi connectivity index (χ0v) is 14.5. The first-order chi connectivity index (χ1) is 12.5. The molecule has 0 amide bonds. The summed E-state index contributed by atoms with van der Waals surface area (Å²) in [5.41, 5.74) is 11.0. The normalized spacial score (nSPS) is 10.2. The smallest absolute Gasteiger partial charge is 0.337 e. The number of carbonyl (C=O) groups is 1. The Labute approximate surface area is 151 Å². The topological polar surface area (TPSA) is 89.0 Å². The minimum absolute atomic E-state index is 0.181. The first-order valence-corrected chi connectivity index (χ1v) is 8.00. The van der Waals surface area contributed by atoms with Gasteiger partial charge in [0.05, 0.1) is 18.4 Å². The first kappa shape index (κ1) is 17.2. The highest BCUT2D eigenvalue weighted by Crippen LogP contribution is 2.32. The molecule has 2 N–H and O–H groups in total. The molecular weight excluding hydrogens is 326 g/mol. The number of nitrogens with zero attached hydrogens (tertiary/aromatic N) is 2. The lowest BCUT2D eigenvalue weighted by molar-refractivity contribution is 0.0601. The largest absolute Gasteiger partial charge is 0.465 e. The first-order valence-electron chi connectivity index (χ1n) is 8.00. The van der Waals surface area contributed by atoms with E-state index < -0.39 is 5.97 Å². The number of nitriles is 1. The van der Waals surface area contributed by atoms with Gasteiger partial charge in [0.2, 0.25) is 0 Å². The van der Waals surface area contributed by atoms with Gasteiger partial charge in [0, 0.05) is 11.1 Å². The van der Waals surface area contributed by atoms with Crippen LogP contribution in [-0.2, 0) is 4.74 Å². The maximum absolute atomic E-state index is 11.6. The number of ether oxygens (including phenoxy) is 1. The molecule has 0 fully saturated rings. The second kappa shape index (κ2) is 7.08. The molecule has 0 radical (unpaired) electrons. The van der Waals surface area contributed by atoms with Crippen molar-refractivity contribution in [1.29, 1.82) is 5.26 Å². The van der Waals surface area contributed by atoms with Gasteiger partial charge in [-0.25, -0.2) is 9.78 Å². The van der Waals surface area contributed by atoms with Gasteiger partial charge < -0.3 is 10.5 Å². The number of aryl methyl sites for hydroxylation is 1. The zero-order chi connectivity index (χ0) is 18.7. The lowest BCUT2D eigenvalue weighted by Gasteiger charge is -2.12. The van der Waals surface area contributed by atoms with E-state index >= 15 is 0 Å². The SMILES string of the molecule is COC(=O)c1ccc(-c2cc(-c3ccccc3C)nc(N)c2C#N)cc1. The molecule has 26 heavy (non-hydrogen) atoms. The Kier molecular flexibility index (Phi) is 4.68. The summed E-state index contributed by atoms with van der Waals surface area (Å²) in [4.78, 5) is 16.0. The molecule has 128 valence electrons. The van der Waals surface area contributed by atoms with Crippen molar-refractivity contribution in [2.45, 2.75) is 6.92 Å². The molecule has 0 saturated heterocycles. The van der Waals surface area contributed by atoms with Gasteiger partial charge >= 0.3 is 5.97 Å². The molecule has 5 heteroatoms. The van der Waals surface area contributed by atoms with Crippen LogP contribution in [-0.4, -0.2) is 18.1 Å². The lowest BCUT2D eigenvalue weighted by Crippen LogP contribution is -2.02. The van der Waals surface area contributed by atoms with Crippen molar-refractivity contribution in [2.75, 3.05) is 12.8 Å². The highest BCUT2D eigenvalue weighted by Gasteiger charge is 2.15. The number of esters is 1. The van der Waals surface area contributed by atoms with Gasteiger partial charge in [0.1, 0.15) is 17.5 Å². The summed E-state index contributed by atoms with van der Waals surface area (Å²) in [5, 5.41) is 9.51. The maximum Gasteiger partial charge on any atom is 0.337 e. The molecule has 0 bridgehead atoms. The minimum atomic E-state index is -0.410. The standard InChI is InChI=1S/C21H17N3O2/c1-13-5-3-4-6-16(13)19-11-17(18(12-22)20(23)24-19)14-7-9-15(10-8-14)21(25)26-2/h3-11H,1-2H3,(H2,23,24). The molecule has 0 aliphatic rings. The van der Waals surface area contributed by atoms with Gasteiger partial charge in [0.25, 0.3) is 0 Å². The average molecular weight is 343 g/mol. The van der Waals surface area contributed by atoms with Gasteiger partial charge in [-0.2, -0.15) is 5.26 Å². The molecule has 0 spiro atoms. The quantitative estimate of drug-likeness (QED) is 0.727. The summed E-state index contributed by atoms with van der Waals surface area (Å²) in [5.74, 6) is -0.229. The zero-order valence-electron chi connectivity index (χ0n) is 14.5.